The van der Waals surface area contributed by atoms with E-state index in [2.05, 4.69) is 6.07 Å². The van der Waals surface area contributed by atoms with Crippen molar-refractivity contribution >= 4 is 28.7 Å². The third-order valence-corrected chi connectivity index (χ3v) is 4.53. The summed E-state index contributed by atoms with van der Waals surface area (Å²) in [6, 6.07) is 10.9. The zero-order chi connectivity index (χ0) is 14.0. The number of nitrogens with zero attached hydrogens (tertiary/aromatic N) is 1. The summed E-state index contributed by atoms with van der Waals surface area (Å²) in [7, 11) is 0. The van der Waals surface area contributed by atoms with Crippen LogP contribution in [0.15, 0.2) is 30.3 Å². The molecule has 1 aromatic heterocycles. The van der Waals surface area contributed by atoms with E-state index < -0.39 is 5.92 Å². The van der Waals surface area contributed by atoms with E-state index >= 15 is 0 Å². The second-order valence-electron chi connectivity index (χ2n) is 4.30. The molecular weight excluding hydrogens is 278 g/mol. The van der Waals surface area contributed by atoms with E-state index in [1.54, 1.807) is 24.3 Å². The van der Waals surface area contributed by atoms with Crippen LogP contribution in [0, 0.1) is 25.2 Å². The van der Waals surface area contributed by atoms with Gasteiger partial charge in [-0.2, -0.15) is 5.26 Å². The zero-order valence-corrected chi connectivity index (χ0v) is 12.2. The maximum Gasteiger partial charge on any atom is 0.194 e. The highest BCUT2D eigenvalue weighted by atomic mass is 35.5. The fraction of sp³-hybridized carbons (Fsp3) is 0.200. The Morgan fingerprint density at radius 3 is 2.58 bits per heavy atom. The Labute approximate surface area is 121 Å². The Kier molecular flexibility index (Phi) is 4.04. The number of ketones is 1. The molecule has 0 bridgehead atoms. The molecular formula is C15H12ClNOS. The monoisotopic (exact) mass is 289 g/mol. The maximum atomic E-state index is 12.4. The lowest BCUT2D eigenvalue weighted by Crippen LogP contribution is -2.10. The molecule has 4 heteroatoms. The van der Waals surface area contributed by atoms with Crippen molar-refractivity contribution in [3.63, 3.8) is 0 Å². The van der Waals surface area contributed by atoms with Crippen LogP contribution < -0.4 is 0 Å². The van der Waals surface area contributed by atoms with Gasteiger partial charge in [-0.05, 0) is 37.1 Å². The SMILES string of the molecule is Cc1cc(C(=O)C(C#N)c2ccccc2Cl)sc1C. The molecule has 96 valence electrons. The maximum absolute atomic E-state index is 12.4. The Hall–Kier alpha value is -1.63. The first-order valence-electron chi connectivity index (χ1n) is 5.80. The second-order valence-corrected chi connectivity index (χ2v) is 5.96. The minimum Gasteiger partial charge on any atom is -0.291 e. The molecule has 0 saturated carbocycles. The van der Waals surface area contributed by atoms with E-state index in [1.807, 2.05) is 19.9 Å². The molecule has 2 aromatic rings. The van der Waals surface area contributed by atoms with Crippen molar-refractivity contribution in [3.05, 3.63) is 56.2 Å². The number of hydrogen-bond donors (Lipinski definition) is 0. The fourth-order valence-electron chi connectivity index (χ4n) is 1.82. The molecule has 0 N–H and O–H groups in total. The van der Waals surface area contributed by atoms with Crippen molar-refractivity contribution in [2.24, 2.45) is 0 Å². The first-order valence-corrected chi connectivity index (χ1v) is 6.99. The molecule has 2 nitrogen and oxygen atoms in total. The van der Waals surface area contributed by atoms with Crippen LogP contribution in [0.5, 0.6) is 0 Å². The summed E-state index contributed by atoms with van der Waals surface area (Å²) in [4.78, 5) is 14.1. The number of aryl methyl sites for hydroxylation is 2. The molecule has 1 unspecified atom stereocenters. The minimum atomic E-state index is -0.842. The molecule has 0 aliphatic carbocycles. The number of hydrogen-bond acceptors (Lipinski definition) is 3. The van der Waals surface area contributed by atoms with E-state index in [0.29, 0.717) is 15.5 Å². The molecule has 1 heterocycles. The van der Waals surface area contributed by atoms with Gasteiger partial charge in [0.15, 0.2) is 5.78 Å². The van der Waals surface area contributed by atoms with Crippen LogP contribution in [0.4, 0.5) is 0 Å². The topological polar surface area (TPSA) is 40.9 Å². The number of benzene rings is 1. The second kappa shape index (κ2) is 5.56. The van der Waals surface area contributed by atoms with E-state index in [-0.39, 0.29) is 5.78 Å². The molecule has 19 heavy (non-hydrogen) atoms. The molecule has 1 aromatic carbocycles. The van der Waals surface area contributed by atoms with Gasteiger partial charge in [0.1, 0.15) is 5.92 Å². The van der Waals surface area contributed by atoms with Gasteiger partial charge in [-0.3, -0.25) is 4.79 Å². The van der Waals surface area contributed by atoms with Crippen LogP contribution in [0.1, 0.15) is 31.6 Å². The van der Waals surface area contributed by atoms with Gasteiger partial charge in [-0.15, -0.1) is 11.3 Å². The van der Waals surface area contributed by atoms with Crippen LogP contribution >= 0.6 is 22.9 Å². The minimum absolute atomic E-state index is 0.184. The van der Waals surface area contributed by atoms with E-state index in [0.717, 1.165) is 10.4 Å². The highest BCUT2D eigenvalue weighted by Crippen LogP contribution is 2.30. The van der Waals surface area contributed by atoms with Gasteiger partial charge in [0.2, 0.25) is 0 Å². The van der Waals surface area contributed by atoms with Crippen molar-refractivity contribution in [2.75, 3.05) is 0 Å². The molecule has 0 aliphatic rings. The van der Waals surface area contributed by atoms with Crippen LogP contribution in [0.2, 0.25) is 5.02 Å². The molecule has 0 fully saturated rings. The predicted molar refractivity (Wildman–Crippen MR) is 77.9 cm³/mol. The molecule has 0 aliphatic heterocycles. The Morgan fingerprint density at radius 2 is 2.05 bits per heavy atom. The van der Waals surface area contributed by atoms with Gasteiger partial charge in [0.25, 0.3) is 0 Å². The van der Waals surface area contributed by atoms with E-state index in [1.165, 1.54) is 11.3 Å². The first kappa shape index (κ1) is 13.8. The van der Waals surface area contributed by atoms with Gasteiger partial charge in [-0.25, -0.2) is 0 Å². The van der Waals surface area contributed by atoms with Gasteiger partial charge in [0.05, 0.1) is 10.9 Å². The molecule has 0 spiro atoms. The number of rotatable bonds is 3. The van der Waals surface area contributed by atoms with Crippen molar-refractivity contribution in [3.8, 4) is 6.07 Å². The van der Waals surface area contributed by atoms with E-state index in [4.69, 9.17) is 11.6 Å². The number of halogens is 1. The fourth-order valence-corrected chi connectivity index (χ4v) is 3.06. The lowest BCUT2D eigenvalue weighted by Gasteiger charge is -2.08. The summed E-state index contributed by atoms with van der Waals surface area (Å²) in [5.41, 5.74) is 1.64. The Bertz CT molecular complexity index is 650. The van der Waals surface area contributed by atoms with Gasteiger partial charge in [0, 0.05) is 9.90 Å². The summed E-state index contributed by atoms with van der Waals surface area (Å²) in [6.45, 7) is 3.92. The van der Waals surface area contributed by atoms with Crippen LogP contribution in [0.3, 0.4) is 0 Å². The van der Waals surface area contributed by atoms with Crippen molar-refractivity contribution in [1.82, 2.24) is 0 Å². The number of nitriles is 1. The Balaban J connectivity index is 2.41. The van der Waals surface area contributed by atoms with Crippen LogP contribution in [-0.2, 0) is 0 Å². The van der Waals surface area contributed by atoms with Gasteiger partial charge < -0.3 is 0 Å². The number of carbonyl (C=O) groups excluding carboxylic acids is 1. The standard InChI is InChI=1S/C15H12ClNOS/c1-9-7-14(19-10(9)2)15(18)12(8-17)11-5-3-4-6-13(11)16/h3-7,12H,1-2H3. The van der Waals surface area contributed by atoms with Crippen molar-refractivity contribution in [1.29, 1.82) is 5.26 Å². The smallest absolute Gasteiger partial charge is 0.194 e. The zero-order valence-electron chi connectivity index (χ0n) is 10.6. The van der Waals surface area contributed by atoms with E-state index in [9.17, 15) is 10.1 Å². The largest absolute Gasteiger partial charge is 0.291 e. The number of carbonyl (C=O) groups is 1. The predicted octanol–water partition coefficient (Wildman–Crippen LogP) is 4.51. The van der Waals surface area contributed by atoms with Crippen LogP contribution in [-0.4, -0.2) is 5.78 Å². The number of thiophene rings is 1. The molecule has 0 amide bonds. The molecule has 2 rings (SSSR count). The summed E-state index contributed by atoms with van der Waals surface area (Å²) in [6.07, 6.45) is 0. The molecule has 0 radical (unpaired) electrons. The molecule has 0 saturated heterocycles. The average molecular weight is 290 g/mol. The summed E-state index contributed by atoms with van der Waals surface area (Å²) >= 11 is 7.49. The highest BCUT2D eigenvalue weighted by Gasteiger charge is 2.25. The Morgan fingerprint density at radius 1 is 1.37 bits per heavy atom. The van der Waals surface area contributed by atoms with Gasteiger partial charge >= 0.3 is 0 Å². The molecule has 1 atom stereocenters. The number of Topliss-reactive ketones (excluding diaryl/α,β-unsaturated/α-hetero) is 1. The van der Waals surface area contributed by atoms with Crippen molar-refractivity contribution < 1.29 is 4.79 Å². The average Bonchev–Trinajstić information content (AvgIpc) is 2.73. The van der Waals surface area contributed by atoms with Crippen molar-refractivity contribution in [2.45, 2.75) is 19.8 Å². The normalized spacial score (nSPS) is 11.9. The first-order chi connectivity index (χ1) is 9.04. The lowest BCUT2D eigenvalue weighted by atomic mass is 9.95. The third-order valence-electron chi connectivity index (χ3n) is 3.02. The quantitative estimate of drug-likeness (QED) is 0.780. The lowest BCUT2D eigenvalue weighted by molar-refractivity contribution is 0.0982. The van der Waals surface area contributed by atoms with Gasteiger partial charge in [-0.1, -0.05) is 29.8 Å². The highest BCUT2D eigenvalue weighted by molar-refractivity contribution is 7.14. The summed E-state index contributed by atoms with van der Waals surface area (Å²) in [5, 5.41) is 9.74. The summed E-state index contributed by atoms with van der Waals surface area (Å²) in [5.74, 6) is -1.03. The third kappa shape index (κ3) is 2.70. The summed E-state index contributed by atoms with van der Waals surface area (Å²) < 4.78 is 0. The van der Waals surface area contributed by atoms with Crippen LogP contribution in [0.25, 0.3) is 0 Å².